The molecule has 0 amide bonds. The molecule has 0 aromatic rings. The van der Waals surface area contributed by atoms with Gasteiger partial charge in [0.1, 0.15) is 0 Å². The molecule has 1 aliphatic heterocycles. The van der Waals surface area contributed by atoms with E-state index in [1.807, 2.05) is 0 Å². The summed E-state index contributed by atoms with van der Waals surface area (Å²) in [5.41, 5.74) is 8.63. The molecule has 0 bridgehead atoms. The van der Waals surface area contributed by atoms with Gasteiger partial charge in [-0.25, -0.2) is 10.9 Å². The monoisotopic (exact) mass is 167 g/mol. The third-order valence-corrected chi connectivity index (χ3v) is 0.780. The fourth-order valence-corrected chi connectivity index (χ4v) is 0.453. The second-order valence-electron chi connectivity index (χ2n) is 1.33. The second kappa shape index (κ2) is 4.52. The van der Waals surface area contributed by atoms with Crippen molar-refractivity contribution >= 4 is 17.0 Å². The minimum absolute atomic E-state index is 0. The Labute approximate surface area is 53.6 Å². The lowest BCUT2D eigenvalue weighted by Crippen LogP contribution is -2.49. The van der Waals surface area contributed by atoms with Gasteiger partial charge >= 0.3 is 0 Å². The predicted molar refractivity (Wildman–Crippen MR) is 34.1 cm³/mol. The Kier molecular flexibility index (Phi) is 4.75. The molecule has 0 aromatic carbocycles. The molecule has 0 aromatic heterocycles. The zero-order valence-corrected chi connectivity index (χ0v) is 5.74. The summed E-state index contributed by atoms with van der Waals surface area (Å²) >= 11 is 0. The molecule has 0 spiro atoms. The third kappa shape index (κ3) is 2.99. The first kappa shape index (κ1) is 7.36. The lowest BCUT2D eigenvalue weighted by Gasteiger charge is -2.12. The first-order chi connectivity index (χ1) is 3.00. The van der Waals surface area contributed by atoms with Crippen LogP contribution in [0.15, 0.2) is 0 Å². The summed E-state index contributed by atoms with van der Waals surface area (Å²) in [6.45, 7) is 2.15. The van der Waals surface area contributed by atoms with Crippen LogP contribution in [0.5, 0.6) is 0 Å². The minimum Gasteiger partial charge on any atom is -0.244 e. The van der Waals surface area contributed by atoms with Crippen molar-refractivity contribution in [2.75, 3.05) is 13.1 Å². The van der Waals surface area contributed by atoms with Crippen LogP contribution in [0.4, 0.5) is 0 Å². The Morgan fingerprint density at radius 3 is 1.71 bits per heavy atom. The Hall–Kier alpha value is 0.360. The summed E-state index contributed by atoms with van der Waals surface area (Å²) < 4.78 is 0. The maximum Gasteiger partial charge on any atom is 0.0126 e. The van der Waals surface area contributed by atoms with Gasteiger partial charge in [-0.1, -0.05) is 0 Å². The average molecular weight is 168 g/mol. The van der Waals surface area contributed by atoms with Gasteiger partial charge in [-0.3, -0.25) is 0 Å². The summed E-state index contributed by atoms with van der Waals surface area (Å²) in [4.78, 5) is 0. The van der Waals surface area contributed by atoms with Crippen molar-refractivity contribution in [3.8, 4) is 0 Å². The van der Waals surface area contributed by atoms with E-state index in [0.29, 0.717) is 0 Å². The first-order valence-corrected chi connectivity index (χ1v) is 2.21. The standard InChI is InChI=1S/C3H9N3.BrH/c1-2-4-6-5-3-1;/h4-6H,1-3H2;1H. The van der Waals surface area contributed by atoms with Gasteiger partial charge < -0.3 is 0 Å². The second-order valence-corrected chi connectivity index (χ2v) is 1.33. The molecule has 3 nitrogen and oxygen atoms in total. The molecule has 3 N–H and O–H groups in total. The smallest absolute Gasteiger partial charge is 0.0126 e. The van der Waals surface area contributed by atoms with Crippen LogP contribution in [-0.4, -0.2) is 13.1 Å². The molecule has 0 aliphatic carbocycles. The summed E-state index contributed by atoms with van der Waals surface area (Å²) in [7, 11) is 0. The van der Waals surface area contributed by atoms with Crippen LogP contribution in [0.3, 0.4) is 0 Å². The van der Waals surface area contributed by atoms with Gasteiger partial charge in [0.2, 0.25) is 0 Å². The normalized spacial score (nSPS) is 20.6. The summed E-state index contributed by atoms with van der Waals surface area (Å²) in [6.07, 6.45) is 1.22. The topological polar surface area (TPSA) is 36.1 Å². The Bertz CT molecular complexity index is 25.7. The van der Waals surface area contributed by atoms with E-state index in [9.17, 15) is 0 Å². The van der Waals surface area contributed by atoms with Gasteiger partial charge in [0.05, 0.1) is 0 Å². The molecule has 0 radical (unpaired) electrons. The van der Waals surface area contributed by atoms with Crippen molar-refractivity contribution in [3.63, 3.8) is 0 Å². The van der Waals surface area contributed by atoms with Gasteiger partial charge in [-0.2, -0.15) is 5.53 Å². The van der Waals surface area contributed by atoms with Crippen molar-refractivity contribution < 1.29 is 0 Å². The molecule has 7 heavy (non-hydrogen) atoms. The fraction of sp³-hybridized carbons (Fsp3) is 1.00. The minimum atomic E-state index is 0. The summed E-state index contributed by atoms with van der Waals surface area (Å²) in [5.74, 6) is 0. The van der Waals surface area contributed by atoms with E-state index in [2.05, 4.69) is 16.4 Å². The Balaban J connectivity index is 0.000000360. The number of hydrazine groups is 2. The maximum absolute atomic E-state index is 2.92. The fourth-order valence-electron chi connectivity index (χ4n) is 0.453. The highest BCUT2D eigenvalue weighted by atomic mass is 79.9. The molecule has 1 fully saturated rings. The Morgan fingerprint density at radius 2 is 1.57 bits per heavy atom. The van der Waals surface area contributed by atoms with Crippen LogP contribution in [0.2, 0.25) is 0 Å². The molecule has 0 unspecified atom stereocenters. The molecule has 0 saturated carbocycles. The lowest BCUT2D eigenvalue weighted by atomic mass is 10.4. The molecule has 1 heterocycles. The van der Waals surface area contributed by atoms with E-state index in [0.717, 1.165) is 13.1 Å². The molecule has 0 atom stereocenters. The SMILES string of the molecule is Br.C1CNNNC1. The van der Waals surface area contributed by atoms with E-state index >= 15 is 0 Å². The highest BCUT2D eigenvalue weighted by molar-refractivity contribution is 8.93. The molecular weight excluding hydrogens is 158 g/mol. The van der Waals surface area contributed by atoms with Crippen molar-refractivity contribution in [1.82, 2.24) is 16.4 Å². The van der Waals surface area contributed by atoms with Crippen LogP contribution in [0.1, 0.15) is 6.42 Å². The van der Waals surface area contributed by atoms with E-state index in [-0.39, 0.29) is 17.0 Å². The number of hydrogen-bond donors (Lipinski definition) is 3. The van der Waals surface area contributed by atoms with Crippen molar-refractivity contribution in [2.45, 2.75) is 6.42 Å². The molecule has 44 valence electrons. The van der Waals surface area contributed by atoms with Gasteiger partial charge in [-0.15, -0.1) is 17.0 Å². The summed E-state index contributed by atoms with van der Waals surface area (Å²) in [5, 5.41) is 0. The first-order valence-electron chi connectivity index (χ1n) is 2.21. The maximum atomic E-state index is 2.92. The molecule has 1 aliphatic rings. The number of rotatable bonds is 0. The van der Waals surface area contributed by atoms with E-state index < -0.39 is 0 Å². The van der Waals surface area contributed by atoms with Crippen molar-refractivity contribution in [2.24, 2.45) is 0 Å². The summed E-state index contributed by atoms with van der Waals surface area (Å²) in [6, 6.07) is 0. The zero-order chi connectivity index (χ0) is 4.24. The van der Waals surface area contributed by atoms with Gasteiger partial charge in [0.15, 0.2) is 0 Å². The van der Waals surface area contributed by atoms with Crippen molar-refractivity contribution in [1.29, 1.82) is 0 Å². The van der Waals surface area contributed by atoms with Crippen LogP contribution >= 0.6 is 17.0 Å². The highest BCUT2D eigenvalue weighted by Crippen LogP contribution is 1.71. The average Bonchev–Trinajstić information content (AvgIpc) is 1.72. The Morgan fingerprint density at radius 1 is 1.00 bits per heavy atom. The van der Waals surface area contributed by atoms with Gasteiger partial charge in [0.25, 0.3) is 0 Å². The van der Waals surface area contributed by atoms with Crippen LogP contribution < -0.4 is 16.4 Å². The van der Waals surface area contributed by atoms with E-state index in [1.165, 1.54) is 6.42 Å². The predicted octanol–water partition coefficient (Wildman–Crippen LogP) is -0.433. The van der Waals surface area contributed by atoms with Crippen LogP contribution in [0.25, 0.3) is 0 Å². The quantitative estimate of drug-likeness (QED) is 0.459. The lowest BCUT2D eigenvalue weighted by molar-refractivity contribution is 0.372. The number of halogens is 1. The number of hydrogen-bond acceptors (Lipinski definition) is 3. The van der Waals surface area contributed by atoms with Crippen LogP contribution in [0, 0.1) is 0 Å². The van der Waals surface area contributed by atoms with Crippen LogP contribution in [-0.2, 0) is 0 Å². The third-order valence-electron chi connectivity index (χ3n) is 0.780. The molecular formula is C3H10BrN3. The van der Waals surface area contributed by atoms with E-state index in [4.69, 9.17) is 0 Å². The highest BCUT2D eigenvalue weighted by Gasteiger charge is 1.90. The number of nitrogens with one attached hydrogen (secondary N) is 3. The molecule has 1 saturated heterocycles. The zero-order valence-electron chi connectivity index (χ0n) is 4.03. The van der Waals surface area contributed by atoms with Gasteiger partial charge in [0, 0.05) is 13.1 Å². The molecule has 4 heteroatoms. The molecule has 1 rings (SSSR count). The van der Waals surface area contributed by atoms with E-state index in [1.54, 1.807) is 0 Å². The van der Waals surface area contributed by atoms with Crippen molar-refractivity contribution in [3.05, 3.63) is 0 Å². The van der Waals surface area contributed by atoms with Gasteiger partial charge in [-0.05, 0) is 6.42 Å². The largest absolute Gasteiger partial charge is 0.244 e.